The highest BCUT2D eigenvalue weighted by molar-refractivity contribution is 6.30. The van der Waals surface area contributed by atoms with Gasteiger partial charge >= 0.3 is 6.03 Å². The van der Waals surface area contributed by atoms with Crippen LogP contribution in [0.4, 0.5) is 14.9 Å². The van der Waals surface area contributed by atoms with E-state index in [2.05, 4.69) is 5.32 Å². The number of carbonyl (C=O) groups is 1. The third-order valence-electron chi connectivity index (χ3n) is 5.92. The number of ether oxygens (including phenoxy) is 2. The van der Waals surface area contributed by atoms with Gasteiger partial charge in [-0.05, 0) is 49.4 Å². The number of urea groups is 1. The van der Waals surface area contributed by atoms with Crippen LogP contribution in [0.1, 0.15) is 18.8 Å². The van der Waals surface area contributed by atoms with Gasteiger partial charge < -0.3 is 19.7 Å². The number of nitrogens with zero attached hydrogens (tertiary/aromatic N) is 3. The molecule has 1 unspecified atom stereocenters. The number of halogens is 2. The van der Waals surface area contributed by atoms with Crippen molar-refractivity contribution in [2.45, 2.75) is 13.0 Å². The third kappa shape index (κ3) is 5.58. The average Bonchev–Trinajstić information content (AvgIpc) is 2.90. The number of fused-ring (bicyclic) bond motifs is 1. The zero-order valence-corrected chi connectivity index (χ0v) is 21.3. The first-order valence-corrected chi connectivity index (χ1v) is 11.9. The number of para-hydroxylation sites is 1. The van der Waals surface area contributed by atoms with Gasteiger partial charge in [0.1, 0.15) is 17.4 Å². The van der Waals surface area contributed by atoms with Gasteiger partial charge in [-0.3, -0.25) is 9.36 Å². The van der Waals surface area contributed by atoms with Crippen LogP contribution in [-0.2, 0) is 4.74 Å². The molecule has 1 heterocycles. The number of hydrogen-bond acceptors (Lipinski definition) is 5. The predicted octanol–water partition coefficient (Wildman–Crippen LogP) is 5.43. The number of methoxy groups -OCH3 is 2. The second kappa shape index (κ2) is 11.4. The predicted molar refractivity (Wildman–Crippen MR) is 141 cm³/mol. The molecule has 0 aliphatic carbocycles. The van der Waals surface area contributed by atoms with Crippen molar-refractivity contribution in [1.29, 1.82) is 0 Å². The minimum atomic E-state index is -0.693. The molecule has 0 bridgehead atoms. The van der Waals surface area contributed by atoms with Crippen molar-refractivity contribution >= 4 is 34.2 Å². The fraction of sp³-hybridized carbons (Fsp3) is 0.222. The molecule has 0 radical (unpaired) electrons. The highest BCUT2D eigenvalue weighted by atomic mass is 35.5. The van der Waals surface area contributed by atoms with E-state index in [-0.39, 0.29) is 29.6 Å². The molecule has 8 nitrogen and oxygen atoms in total. The summed E-state index contributed by atoms with van der Waals surface area (Å²) in [6.07, 6.45) is 0. The Kier molecular flexibility index (Phi) is 8.05. The van der Waals surface area contributed by atoms with E-state index in [0.717, 1.165) is 0 Å². The summed E-state index contributed by atoms with van der Waals surface area (Å²) < 4.78 is 25.8. The Bertz CT molecular complexity index is 1490. The Morgan fingerprint density at radius 1 is 1.14 bits per heavy atom. The van der Waals surface area contributed by atoms with Crippen molar-refractivity contribution in [3.63, 3.8) is 0 Å². The molecular formula is C27H26ClFN4O4. The van der Waals surface area contributed by atoms with Crippen molar-refractivity contribution in [3.8, 4) is 11.4 Å². The first kappa shape index (κ1) is 26.1. The minimum Gasteiger partial charge on any atom is -0.497 e. The lowest BCUT2D eigenvalue weighted by Crippen LogP contribution is -2.41. The molecule has 4 rings (SSSR count). The highest BCUT2D eigenvalue weighted by Gasteiger charge is 2.27. The van der Waals surface area contributed by atoms with Crippen LogP contribution in [0.2, 0.25) is 5.02 Å². The molecule has 192 valence electrons. The van der Waals surface area contributed by atoms with Gasteiger partial charge in [0.05, 0.1) is 41.4 Å². The summed E-state index contributed by atoms with van der Waals surface area (Å²) in [6.45, 7) is 2.22. The summed E-state index contributed by atoms with van der Waals surface area (Å²) >= 11 is 6.05. The smallest absolute Gasteiger partial charge is 0.322 e. The van der Waals surface area contributed by atoms with Crippen molar-refractivity contribution in [2.75, 3.05) is 32.7 Å². The number of carbonyl (C=O) groups excluding carboxylic acids is 1. The molecule has 10 heteroatoms. The number of amides is 2. The Morgan fingerprint density at radius 3 is 2.65 bits per heavy atom. The molecule has 1 aromatic heterocycles. The second-order valence-electron chi connectivity index (χ2n) is 8.25. The van der Waals surface area contributed by atoms with Crippen molar-refractivity contribution in [3.05, 3.63) is 93.7 Å². The SMILES string of the molecule is COCCN(C(=O)Nc1cccc(OC)c1)C(C)c1nc2ccccc2c(=O)n1-c1ccc(F)c(Cl)c1. The van der Waals surface area contributed by atoms with E-state index in [4.69, 9.17) is 26.1 Å². The molecule has 0 spiro atoms. The number of rotatable bonds is 8. The third-order valence-corrected chi connectivity index (χ3v) is 6.21. The molecule has 0 saturated heterocycles. The largest absolute Gasteiger partial charge is 0.497 e. The molecule has 0 aliphatic rings. The standard InChI is InChI=1S/C27H26ClFN4O4/c1-17(32(13-14-36-2)27(35)30-18-7-6-8-20(15-18)37-3)25-31-24-10-5-4-9-21(24)26(34)33(25)19-11-12-23(29)22(28)16-19/h4-12,15-17H,13-14H2,1-3H3,(H,30,35). The molecule has 1 N–H and O–H groups in total. The van der Waals surface area contributed by atoms with Crippen LogP contribution in [0, 0.1) is 5.82 Å². The molecule has 37 heavy (non-hydrogen) atoms. The van der Waals surface area contributed by atoms with E-state index in [9.17, 15) is 14.0 Å². The van der Waals surface area contributed by atoms with Crippen LogP contribution in [0.3, 0.4) is 0 Å². The fourth-order valence-electron chi connectivity index (χ4n) is 4.00. The van der Waals surface area contributed by atoms with Crippen LogP contribution in [0.25, 0.3) is 16.6 Å². The fourth-order valence-corrected chi connectivity index (χ4v) is 4.17. The van der Waals surface area contributed by atoms with Crippen LogP contribution < -0.4 is 15.6 Å². The summed E-state index contributed by atoms with van der Waals surface area (Å²) in [5.74, 6) is 0.261. The Balaban J connectivity index is 1.83. The summed E-state index contributed by atoms with van der Waals surface area (Å²) in [7, 11) is 3.08. The van der Waals surface area contributed by atoms with E-state index in [0.29, 0.717) is 28.0 Å². The number of nitrogens with one attached hydrogen (secondary N) is 1. The lowest BCUT2D eigenvalue weighted by atomic mass is 10.2. The molecular weight excluding hydrogens is 499 g/mol. The first-order valence-electron chi connectivity index (χ1n) is 11.5. The lowest BCUT2D eigenvalue weighted by molar-refractivity contribution is 0.137. The topological polar surface area (TPSA) is 85.7 Å². The van der Waals surface area contributed by atoms with E-state index in [1.54, 1.807) is 62.6 Å². The van der Waals surface area contributed by atoms with Crippen molar-refractivity contribution in [1.82, 2.24) is 14.5 Å². The average molecular weight is 525 g/mol. The molecule has 1 atom stereocenters. The quantitative estimate of drug-likeness (QED) is 0.332. The van der Waals surface area contributed by atoms with Crippen molar-refractivity contribution in [2.24, 2.45) is 0 Å². The van der Waals surface area contributed by atoms with E-state index >= 15 is 0 Å². The normalized spacial score (nSPS) is 11.8. The van der Waals surface area contributed by atoms with Gasteiger partial charge in [0.25, 0.3) is 5.56 Å². The molecule has 2 amide bonds. The summed E-state index contributed by atoms with van der Waals surface area (Å²) in [5, 5.41) is 3.11. The maximum absolute atomic E-state index is 13.9. The molecule has 0 aliphatic heterocycles. The van der Waals surface area contributed by atoms with Crippen LogP contribution in [0.15, 0.2) is 71.5 Å². The van der Waals surface area contributed by atoms with E-state index in [1.165, 1.54) is 34.8 Å². The first-order chi connectivity index (χ1) is 17.8. The van der Waals surface area contributed by atoms with E-state index in [1.807, 2.05) is 0 Å². The summed E-state index contributed by atoms with van der Waals surface area (Å²) in [5.41, 5.74) is 0.971. The minimum absolute atomic E-state index is 0.136. The number of anilines is 1. The van der Waals surface area contributed by atoms with Gasteiger partial charge in [-0.1, -0.05) is 29.8 Å². The maximum atomic E-state index is 13.9. The van der Waals surface area contributed by atoms with E-state index < -0.39 is 17.9 Å². The van der Waals surface area contributed by atoms with Gasteiger partial charge in [0.15, 0.2) is 0 Å². The summed E-state index contributed by atoms with van der Waals surface area (Å²) in [6, 6.07) is 16.8. The Hall–Kier alpha value is -3.95. The van der Waals surface area contributed by atoms with Crippen LogP contribution in [0.5, 0.6) is 5.75 Å². The summed E-state index contributed by atoms with van der Waals surface area (Å²) in [4.78, 5) is 33.4. The lowest BCUT2D eigenvalue weighted by Gasteiger charge is -2.30. The number of aromatic nitrogens is 2. The van der Waals surface area contributed by atoms with Gasteiger partial charge in [-0.25, -0.2) is 14.2 Å². The van der Waals surface area contributed by atoms with Gasteiger partial charge in [-0.2, -0.15) is 0 Å². The zero-order valence-electron chi connectivity index (χ0n) is 20.6. The maximum Gasteiger partial charge on any atom is 0.322 e. The number of benzene rings is 3. The molecule has 0 saturated carbocycles. The number of hydrogen-bond donors (Lipinski definition) is 1. The van der Waals surface area contributed by atoms with Gasteiger partial charge in [0.2, 0.25) is 0 Å². The van der Waals surface area contributed by atoms with Crippen molar-refractivity contribution < 1.29 is 18.7 Å². The highest BCUT2D eigenvalue weighted by Crippen LogP contribution is 2.26. The zero-order chi connectivity index (χ0) is 26.5. The second-order valence-corrected chi connectivity index (χ2v) is 8.66. The molecule has 3 aromatic carbocycles. The van der Waals surface area contributed by atoms with Gasteiger partial charge in [-0.15, -0.1) is 0 Å². The molecule has 4 aromatic rings. The van der Waals surface area contributed by atoms with Crippen LogP contribution >= 0.6 is 11.6 Å². The molecule has 0 fully saturated rings. The van der Waals surface area contributed by atoms with Gasteiger partial charge in [0, 0.05) is 25.4 Å². The Morgan fingerprint density at radius 2 is 1.92 bits per heavy atom. The monoisotopic (exact) mass is 524 g/mol. The van der Waals surface area contributed by atoms with Crippen LogP contribution in [-0.4, -0.2) is 47.9 Å². The Labute approximate surface area is 218 Å².